The van der Waals surface area contributed by atoms with Gasteiger partial charge in [-0.25, -0.2) is 4.68 Å². The summed E-state index contributed by atoms with van der Waals surface area (Å²) in [5.74, 6) is 1.03. The quantitative estimate of drug-likeness (QED) is 0.625. The van der Waals surface area contributed by atoms with Gasteiger partial charge in [0.25, 0.3) is 5.89 Å². The van der Waals surface area contributed by atoms with Crippen LogP contribution >= 0.6 is 43.2 Å². The van der Waals surface area contributed by atoms with Crippen molar-refractivity contribution in [2.24, 2.45) is 0 Å². The Morgan fingerprint density at radius 2 is 2.16 bits per heavy atom. The molecule has 0 aliphatic carbocycles. The van der Waals surface area contributed by atoms with Crippen LogP contribution in [0.2, 0.25) is 0 Å². The van der Waals surface area contributed by atoms with Crippen LogP contribution in [0.25, 0.3) is 10.8 Å². The first-order valence-corrected chi connectivity index (χ1v) is 8.01. The Morgan fingerprint density at radius 3 is 2.84 bits per heavy atom. The van der Waals surface area contributed by atoms with E-state index in [0.717, 1.165) is 14.4 Å². The summed E-state index contributed by atoms with van der Waals surface area (Å²) in [4.78, 5) is 0.936. The summed E-state index contributed by atoms with van der Waals surface area (Å²) in [6.07, 6.45) is 1.83. The van der Waals surface area contributed by atoms with Gasteiger partial charge in [0.2, 0.25) is 5.89 Å². The van der Waals surface area contributed by atoms with Gasteiger partial charge in [-0.15, -0.1) is 26.6 Å². The van der Waals surface area contributed by atoms with Gasteiger partial charge in [-0.1, -0.05) is 21.1 Å². The van der Waals surface area contributed by atoms with Gasteiger partial charge < -0.3 is 4.42 Å². The van der Waals surface area contributed by atoms with Crippen molar-refractivity contribution in [1.29, 1.82) is 0 Å². The van der Waals surface area contributed by atoms with E-state index in [2.05, 4.69) is 52.4 Å². The predicted molar refractivity (Wildman–Crippen MR) is 77.1 cm³/mol. The number of nitrogens with zero attached hydrogens (tertiary/aromatic N) is 5. The van der Waals surface area contributed by atoms with Crippen LogP contribution in [0.4, 0.5) is 0 Å². The van der Waals surface area contributed by atoms with Gasteiger partial charge in [0, 0.05) is 11.5 Å². The van der Waals surface area contributed by atoms with Crippen LogP contribution in [-0.4, -0.2) is 25.2 Å². The monoisotopic (exact) mass is 403 g/mol. The Kier molecular flexibility index (Phi) is 3.76. The number of thiophene rings is 1. The first kappa shape index (κ1) is 12.9. The lowest BCUT2D eigenvalue weighted by atomic mass is 10.5. The second kappa shape index (κ2) is 5.51. The minimum Gasteiger partial charge on any atom is -0.418 e. The van der Waals surface area contributed by atoms with Crippen LogP contribution in [0.15, 0.2) is 26.5 Å². The molecule has 0 saturated heterocycles. The molecule has 0 aliphatic rings. The van der Waals surface area contributed by atoms with E-state index >= 15 is 0 Å². The predicted octanol–water partition coefficient (Wildman–Crippen LogP) is 3.10. The van der Waals surface area contributed by atoms with Crippen molar-refractivity contribution in [3.8, 4) is 10.8 Å². The van der Waals surface area contributed by atoms with Gasteiger partial charge in [0.05, 0.1) is 14.4 Å². The molecular formula is C10H7Br2N5OS. The van der Waals surface area contributed by atoms with Crippen LogP contribution in [0.5, 0.6) is 0 Å². The molecule has 0 atom stereocenters. The summed E-state index contributed by atoms with van der Waals surface area (Å²) in [6, 6.07) is 3.88. The molecule has 3 heterocycles. The lowest BCUT2D eigenvalue weighted by molar-refractivity contribution is 0.470. The van der Waals surface area contributed by atoms with Gasteiger partial charge in [-0.3, -0.25) is 0 Å². The zero-order valence-corrected chi connectivity index (χ0v) is 13.4. The number of hydrogen-bond acceptors (Lipinski definition) is 6. The standard InChI is InChI=1S/C10H7Br2N5OS/c11-3-6-4-17(16-13-6)5-9-14-15-10(18-9)7-1-2-8(12)19-7/h1-2,4H,3,5H2. The molecule has 3 aromatic rings. The van der Waals surface area contributed by atoms with Gasteiger partial charge in [-0.2, -0.15) is 0 Å². The van der Waals surface area contributed by atoms with E-state index < -0.39 is 0 Å². The van der Waals surface area contributed by atoms with Crippen molar-refractivity contribution in [1.82, 2.24) is 25.2 Å². The van der Waals surface area contributed by atoms with E-state index in [0.29, 0.717) is 23.7 Å². The number of alkyl halides is 1. The second-order valence-corrected chi connectivity index (χ2v) is 6.67. The molecule has 0 aliphatic heterocycles. The molecule has 0 amide bonds. The third-order valence-electron chi connectivity index (χ3n) is 2.27. The molecule has 19 heavy (non-hydrogen) atoms. The van der Waals surface area contributed by atoms with Crippen LogP contribution in [0, 0.1) is 0 Å². The summed E-state index contributed by atoms with van der Waals surface area (Å²) in [7, 11) is 0. The minimum absolute atomic E-state index is 0.416. The molecule has 0 spiro atoms. The van der Waals surface area contributed by atoms with Crippen molar-refractivity contribution < 1.29 is 4.42 Å². The third-order valence-corrected chi connectivity index (χ3v) is 4.46. The second-order valence-electron chi connectivity index (χ2n) is 3.65. The number of aromatic nitrogens is 5. The molecule has 0 aromatic carbocycles. The van der Waals surface area contributed by atoms with Crippen LogP contribution in [-0.2, 0) is 11.9 Å². The van der Waals surface area contributed by atoms with Crippen molar-refractivity contribution in [3.63, 3.8) is 0 Å². The maximum atomic E-state index is 5.60. The molecule has 6 nitrogen and oxygen atoms in total. The van der Waals surface area contributed by atoms with Gasteiger partial charge in [0.1, 0.15) is 6.54 Å². The van der Waals surface area contributed by atoms with Gasteiger partial charge in [0.15, 0.2) is 0 Å². The maximum absolute atomic E-state index is 5.60. The molecule has 0 fully saturated rings. The number of halogens is 2. The fourth-order valence-corrected chi connectivity index (χ4v) is 3.03. The minimum atomic E-state index is 0.416. The van der Waals surface area contributed by atoms with E-state index in [1.165, 1.54) is 0 Å². The van der Waals surface area contributed by atoms with Crippen LogP contribution in [0.1, 0.15) is 11.6 Å². The maximum Gasteiger partial charge on any atom is 0.257 e. The van der Waals surface area contributed by atoms with E-state index in [-0.39, 0.29) is 0 Å². The molecule has 0 bridgehead atoms. The Labute approximate surface area is 129 Å². The van der Waals surface area contributed by atoms with E-state index in [1.807, 2.05) is 18.3 Å². The molecule has 3 rings (SSSR count). The molecule has 3 aromatic heterocycles. The molecular weight excluding hydrogens is 398 g/mol. The number of hydrogen-bond donors (Lipinski definition) is 0. The summed E-state index contributed by atoms with van der Waals surface area (Å²) < 4.78 is 8.29. The van der Waals surface area contributed by atoms with Crippen molar-refractivity contribution in [3.05, 3.63) is 33.7 Å². The average Bonchev–Trinajstić information content (AvgIpc) is 3.10. The molecule has 0 unspecified atom stereocenters. The summed E-state index contributed by atoms with van der Waals surface area (Å²) in [5.41, 5.74) is 0.863. The molecule has 98 valence electrons. The fourth-order valence-electron chi connectivity index (χ4n) is 1.46. The highest BCUT2D eigenvalue weighted by Crippen LogP contribution is 2.30. The first-order chi connectivity index (χ1) is 9.24. The highest BCUT2D eigenvalue weighted by molar-refractivity contribution is 9.11. The highest BCUT2D eigenvalue weighted by atomic mass is 79.9. The Morgan fingerprint density at radius 1 is 1.26 bits per heavy atom. The molecule has 0 N–H and O–H groups in total. The van der Waals surface area contributed by atoms with Crippen molar-refractivity contribution >= 4 is 43.2 Å². The summed E-state index contributed by atoms with van der Waals surface area (Å²) >= 11 is 8.27. The average molecular weight is 405 g/mol. The molecule has 0 radical (unpaired) electrons. The summed E-state index contributed by atoms with van der Waals surface area (Å²) in [5, 5.41) is 16.6. The van der Waals surface area contributed by atoms with Crippen molar-refractivity contribution in [2.75, 3.05) is 0 Å². The Balaban J connectivity index is 1.78. The topological polar surface area (TPSA) is 69.6 Å². The van der Waals surface area contributed by atoms with Crippen LogP contribution in [0.3, 0.4) is 0 Å². The SMILES string of the molecule is BrCc1cn(Cc2nnc(-c3ccc(Br)s3)o2)nn1. The smallest absolute Gasteiger partial charge is 0.257 e. The highest BCUT2D eigenvalue weighted by Gasteiger charge is 2.11. The normalized spacial score (nSPS) is 11.1. The largest absolute Gasteiger partial charge is 0.418 e. The van der Waals surface area contributed by atoms with Crippen LogP contribution < -0.4 is 0 Å². The summed E-state index contributed by atoms with van der Waals surface area (Å²) in [6.45, 7) is 0.416. The third kappa shape index (κ3) is 2.93. The zero-order chi connectivity index (χ0) is 13.2. The lowest BCUT2D eigenvalue weighted by Gasteiger charge is -1.92. The lowest BCUT2D eigenvalue weighted by Crippen LogP contribution is -2.00. The zero-order valence-electron chi connectivity index (χ0n) is 9.45. The fraction of sp³-hybridized carbons (Fsp3) is 0.200. The number of rotatable bonds is 4. The van der Waals surface area contributed by atoms with Gasteiger partial charge in [-0.05, 0) is 28.1 Å². The molecule has 9 heteroatoms. The van der Waals surface area contributed by atoms with E-state index in [1.54, 1.807) is 16.0 Å². The van der Waals surface area contributed by atoms with E-state index in [4.69, 9.17) is 4.42 Å². The Hall–Kier alpha value is -1.06. The first-order valence-electron chi connectivity index (χ1n) is 5.27. The van der Waals surface area contributed by atoms with E-state index in [9.17, 15) is 0 Å². The molecule has 0 saturated carbocycles. The van der Waals surface area contributed by atoms with Crippen molar-refractivity contribution in [2.45, 2.75) is 11.9 Å². The Bertz CT molecular complexity index is 691. The van der Waals surface area contributed by atoms with Gasteiger partial charge >= 0.3 is 0 Å².